The molecule has 1 aliphatic rings. The van der Waals surface area contributed by atoms with Crippen molar-refractivity contribution in [3.05, 3.63) is 65.0 Å². The predicted octanol–water partition coefficient (Wildman–Crippen LogP) is 3.42. The molecule has 1 atom stereocenters. The lowest BCUT2D eigenvalue weighted by molar-refractivity contribution is -0.137. The van der Waals surface area contributed by atoms with Crippen LogP contribution in [0.5, 0.6) is 5.88 Å². The fourth-order valence-corrected chi connectivity index (χ4v) is 4.06. The molecule has 0 spiro atoms. The Morgan fingerprint density at radius 1 is 1.34 bits per heavy atom. The molecule has 2 N–H and O–H groups in total. The largest absolute Gasteiger partial charge is 0.481 e. The molecule has 4 rings (SSSR count). The van der Waals surface area contributed by atoms with Gasteiger partial charge in [-0.25, -0.2) is 14.4 Å². The second-order valence-corrected chi connectivity index (χ2v) is 7.83. The van der Waals surface area contributed by atoms with Gasteiger partial charge in [0.1, 0.15) is 5.82 Å². The summed E-state index contributed by atoms with van der Waals surface area (Å²) in [5.41, 5.74) is 3.59. The number of nitrogens with zero attached hydrogens (tertiary/aromatic N) is 4. The fraction of sp³-hybridized carbons (Fsp3) is 0.391. The van der Waals surface area contributed by atoms with E-state index in [2.05, 4.69) is 27.5 Å². The van der Waals surface area contributed by atoms with E-state index in [0.29, 0.717) is 12.0 Å². The number of carboxylic acids is 1. The molecule has 3 aromatic heterocycles. The number of halogens is 1. The van der Waals surface area contributed by atoms with Gasteiger partial charge in [-0.05, 0) is 61.4 Å². The van der Waals surface area contributed by atoms with Crippen LogP contribution in [0.1, 0.15) is 47.8 Å². The zero-order chi connectivity index (χ0) is 22.5. The smallest absolute Gasteiger partial charge is 0.305 e. The summed E-state index contributed by atoms with van der Waals surface area (Å²) in [6, 6.07) is 6.67. The zero-order valence-corrected chi connectivity index (χ0v) is 17.9. The molecule has 1 unspecified atom stereocenters. The SMILES string of the molecule is COc1ncc(C(CC(=O)O)n2nccc2CCCc2ccc3c(n2)NCCC3)cc1F. The van der Waals surface area contributed by atoms with Gasteiger partial charge < -0.3 is 15.2 Å². The topological polar surface area (TPSA) is 102 Å². The standard InChI is InChI=1S/C23H26FN5O3/c1-32-23-19(24)12-16(14-26-23)20(13-21(30)31)29-18(9-11-27-29)6-2-5-17-8-7-15-4-3-10-25-22(15)28-17/h7-9,11-12,14,20H,2-6,10,13H2,1H3,(H,25,28)(H,30,31). The number of rotatable bonds is 9. The summed E-state index contributed by atoms with van der Waals surface area (Å²) < 4.78 is 20.7. The number of carbonyl (C=O) groups is 1. The Balaban J connectivity index is 1.49. The first-order chi connectivity index (χ1) is 15.5. The molecule has 8 nitrogen and oxygen atoms in total. The molecule has 3 aromatic rings. The normalized spacial score (nSPS) is 13.8. The van der Waals surface area contributed by atoms with Crippen LogP contribution < -0.4 is 10.1 Å². The summed E-state index contributed by atoms with van der Waals surface area (Å²) in [4.78, 5) is 20.2. The number of aryl methyl sites for hydroxylation is 3. The van der Waals surface area contributed by atoms with Crippen molar-refractivity contribution < 1.29 is 19.0 Å². The van der Waals surface area contributed by atoms with E-state index in [1.165, 1.54) is 24.9 Å². The Kier molecular flexibility index (Phi) is 6.63. The molecule has 0 amide bonds. The van der Waals surface area contributed by atoms with E-state index in [9.17, 15) is 14.3 Å². The molecule has 0 bridgehead atoms. The fourth-order valence-electron chi connectivity index (χ4n) is 4.06. The number of hydrogen-bond donors (Lipinski definition) is 2. The van der Waals surface area contributed by atoms with Gasteiger partial charge in [-0.1, -0.05) is 6.07 Å². The van der Waals surface area contributed by atoms with Crippen molar-refractivity contribution >= 4 is 11.8 Å². The Morgan fingerprint density at radius 3 is 3.00 bits per heavy atom. The van der Waals surface area contributed by atoms with Crippen molar-refractivity contribution in [2.75, 3.05) is 19.0 Å². The maximum Gasteiger partial charge on any atom is 0.305 e. The van der Waals surface area contributed by atoms with Gasteiger partial charge in [0.25, 0.3) is 0 Å². The number of nitrogens with one attached hydrogen (secondary N) is 1. The second kappa shape index (κ2) is 9.76. The number of ether oxygens (including phenoxy) is 1. The Morgan fingerprint density at radius 2 is 2.22 bits per heavy atom. The molecule has 0 aromatic carbocycles. The minimum atomic E-state index is -1.00. The van der Waals surface area contributed by atoms with Gasteiger partial charge in [-0.15, -0.1) is 0 Å². The summed E-state index contributed by atoms with van der Waals surface area (Å²) in [6.07, 6.45) is 7.33. The third-order valence-electron chi connectivity index (χ3n) is 5.64. The minimum Gasteiger partial charge on any atom is -0.481 e. The quantitative estimate of drug-likeness (QED) is 0.527. The van der Waals surface area contributed by atoms with E-state index in [0.717, 1.165) is 49.4 Å². The Labute approximate surface area is 185 Å². The lowest BCUT2D eigenvalue weighted by atomic mass is 10.0. The average molecular weight is 439 g/mol. The highest BCUT2D eigenvalue weighted by atomic mass is 19.1. The van der Waals surface area contributed by atoms with Crippen LogP contribution >= 0.6 is 0 Å². The summed E-state index contributed by atoms with van der Waals surface area (Å²) in [6.45, 7) is 0.953. The van der Waals surface area contributed by atoms with Crippen molar-refractivity contribution in [3.63, 3.8) is 0 Å². The van der Waals surface area contributed by atoms with E-state index < -0.39 is 17.8 Å². The molecule has 0 radical (unpaired) electrons. The molecular weight excluding hydrogens is 413 g/mol. The molecule has 0 saturated heterocycles. The van der Waals surface area contributed by atoms with E-state index in [4.69, 9.17) is 9.72 Å². The van der Waals surface area contributed by atoms with E-state index in [-0.39, 0.29) is 12.3 Å². The van der Waals surface area contributed by atoms with E-state index >= 15 is 0 Å². The van der Waals surface area contributed by atoms with Gasteiger partial charge >= 0.3 is 5.97 Å². The first-order valence-corrected chi connectivity index (χ1v) is 10.7. The summed E-state index contributed by atoms with van der Waals surface area (Å²) in [5.74, 6) is -0.787. The van der Waals surface area contributed by atoms with Crippen molar-refractivity contribution in [1.82, 2.24) is 19.7 Å². The van der Waals surface area contributed by atoms with Crippen LogP contribution in [0.3, 0.4) is 0 Å². The van der Waals surface area contributed by atoms with Crippen LogP contribution in [0, 0.1) is 5.82 Å². The summed E-state index contributed by atoms with van der Waals surface area (Å²) in [5, 5.41) is 17.1. The van der Waals surface area contributed by atoms with Crippen LogP contribution in [0.4, 0.5) is 10.2 Å². The number of aliphatic carboxylic acids is 1. The monoisotopic (exact) mass is 439 g/mol. The number of methoxy groups -OCH3 is 1. The molecule has 1 aliphatic heterocycles. The summed E-state index contributed by atoms with van der Waals surface area (Å²) in [7, 11) is 1.33. The van der Waals surface area contributed by atoms with Gasteiger partial charge in [0.05, 0.1) is 19.6 Å². The van der Waals surface area contributed by atoms with Crippen LogP contribution in [0.15, 0.2) is 36.7 Å². The second-order valence-electron chi connectivity index (χ2n) is 7.83. The van der Waals surface area contributed by atoms with Crippen LogP contribution in [-0.4, -0.2) is 44.5 Å². The van der Waals surface area contributed by atoms with Crippen LogP contribution in [-0.2, 0) is 24.1 Å². The third-order valence-corrected chi connectivity index (χ3v) is 5.64. The highest BCUT2D eigenvalue weighted by Gasteiger charge is 2.23. The van der Waals surface area contributed by atoms with E-state index in [1.54, 1.807) is 10.9 Å². The summed E-state index contributed by atoms with van der Waals surface area (Å²) >= 11 is 0. The van der Waals surface area contributed by atoms with Crippen molar-refractivity contribution in [2.45, 2.75) is 44.6 Å². The van der Waals surface area contributed by atoms with Crippen molar-refractivity contribution in [1.29, 1.82) is 0 Å². The number of fused-ring (bicyclic) bond motifs is 1. The number of hydrogen-bond acceptors (Lipinski definition) is 6. The maximum atomic E-state index is 14.2. The molecule has 4 heterocycles. The highest BCUT2D eigenvalue weighted by molar-refractivity contribution is 5.68. The van der Waals surface area contributed by atoms with Crippen LogP contribution in [0.2, 0.25) is 0 Å². The first kappa shape index (κ1) is 21.7. The molecule has 0 fully saturated rings. The molecule has 9 heteroatoms. The van der Waals surface area contributed by atoms with Crippen molar-refractivity contribution in [2.24, 2.45) is 0 Å². The van der Waals surface area contributed by atoms with Gasteiger partial charge in [0.2, 0.25) is 5.88 Å². The average Bonchev–Trinajstić information content (AvgIpc) is 3.25. The molecule has 0 aliphatic carbocycles. The Hall–Kier alpha value is -3.49. The first-order valence-electron chi connectivity index (χ1n) is 10.7. The zero-order valence-electron chi connectivity index (χ0n) is 17.9. The number of aromatic nitrogens is 4. The molecule has 0 saturated carbocycles. The number of carboxylic acid groups (broad SMARTS) is 1. The Bertz CT molecular complexity index is 1100. The number of anilines is 1. The maximum absolute atomic E-state index is 14.2. The van der Waals surface area contributed by atoms with Crippen LogP contribution in [0.25, 0.3) is 0 Å². The van der Waals surface area contributed by atoms with Crippen molar-refractivity contribution in [3.8, 4) is 5.88 Å². The molecule has 168 valence electrons. The highest BCUT2D eigenvalue weighted by Crippen LogP contribution is 2.27. The predicted molar refractivity (Wildman–Crippen MR) is 116 cm³/mol. The lowest BCUT2D eigenvalue weighted by Crippen LogP contribution is -2.19. The van der Waals surface area contributed by atoms with E-state index in [1.807, 2.05) is 6.07 Å². The minimum absolute atomic E-state index is 0.129. The van der Waals surface area contributed by atoms with Gasteiger partial charge in [-0.2, -0.15) is 5.10 Å². The number of pyridine rings is 2. The van der Waals surface area contributed by atoms with Gasteiger partial charge in [0, 0.05) is 30.3 Å². The van der Waals surface area contributed by atoms with Gasteiger partial charge in [-0.3, -0.25) is 9.48 Å². The third kappa shape index (κ3) is 4.87. The van der Waals surface area contributed by atoms with Gasteiger partial charge in [0.15, 0.2) is 5.82 Å². The molecule has 32 heavy (non-hydrogen) atoms. The lowest BCUT2D eigenvalue weighted by Gasteiger charge is -2.19. The molecular formula is C23H26FN5O3.